The molecular formula is C15H26N4O4. The van der Waals surface area contributed by atoms with E-state index in [4.69, 9.17) is 9.84 Å². The van der Waals surface area contributed by atoms with Crippen molar-refractivity contribution in [2.75, 3.05) is 5.32 Å². The van der Waals surface area contributed by atoms with Crippen molar-refractivity contribution in [1.29, 1.82) is 0 Å². The van der Waals surface area contributed by atoms with Gasteiger partial charge in [0, 0.05) is 25.1 Å². The van der Waals surface area contributed by atoms with Crippen LogP contribution in [-0.2, 0) is 23.2 Å². The fraction of sp³-hybridized carbons (Fsp3) is 0.667. The number of hydrogen-bond acceptors (Lipinski definition) is 5. The molecule has 3 N–H and O–H groups in total. The van der Waals surface area contributed by atoms with Crippen molar-refractivity contribution in [2.45, 2.75) is 58.8 Å². The fourth-order valence-corrected chi connectivity index (χ4v) is 1.93. The third-order valence-corrected chi connectivity index (χ3v) is 2.80. The number of aliphatic hydroxyl groups is 1. The number of aryl methyl sites for hydroxylation is 1. The summed E-state index contributed by atoms with van der Waals surface area (Å²) in [6.07, 6.45) is -0.510. The summed E-state index contributed by atoms with van der Waals surface area (Å²) in [6.45, 7) is 8.58. The zero-order valence-corrected chi connectivity index (χ0v) is 14.6. The predicted octanol–water partition coefficient (Wildman–Crippen LogP) is 1.54. The second-order valence-corrected chi connectivity index (χ2v) is 7.04. The van der Waals surface area contributed by atoms with E-state index in [-0.39, 0.29) is 18.9 Å². The first-order chi connectivity index (χ1) is 10.4. The molecule has 2 amide bonds. The first-order valence-electron chi connectivity index (χ1n) is 7.37. The topological polar surface area (TPSA) is 105 Å². The van der Waals surface area contributed by atoms with Crippen LogP contribution in [-0.4, -0.2) is 38.0 Å². The van der Waals surface area contributed by atoms with Gasteiger partial charge in [0.25, 0.3) is 0 Å². The molecule has 130 valence electrons. The Morgan fingerprint density at radius 2 is 1.91 bits per heavy atom. The highest BCUT2D eigenvalue weighted by molar-refractivity contribution is 5.91. The number of rotatable bonds is 5. The highest BCUT2D eigenvalue weighted by Gasteiger charge is 2.27. The van der Waals surface area contributed by atoms with Crippen LogP contribution in [0, 0.1) is 0 Å². The molecule has 0 radical (unpaired) electrons. The first kappa shape index (κ1) is 19.0. The van der Waals surface area contributed by atoms with Crippen LogP contribution in [0.3, 0.4) is 0 Å². The molecule has 8 heteroatoms. The number of nitrogens with one attached hydrogen (secondary N) is 2. The number of hydrogen-bond donors (Lipinski definition) is 3. The normalized spacial score (nSPS) is 12.0. The molecule has 1 aromatic heterocycles. The standard InChI is InChI=1S/C15H26N4O4/c1-14(2,3)23-13(22)17-15(4,5)8-12(21)16-11-7-10(9-20)18-19(11)6/h7,20H,8-9H2,1-6H3,(H,16,21)(H,17,22). The molecule has 0 aliphatic carbocycles. The monoisotopic (exact) mass is 326 g/mol. The lowest BCUT2D eigenvalue weighted by Gasteiger charge is -2.28. The minimum atomic E-state index is -0.773. The average molecular weight is 326 g/mol. The van der Waals surface area contributed by atoms with Crippen molar-refractivity contribution in [3.05, 3.63) is 11.8 Å². The second-order valence-electron chi connectivity index (χ2n) is 7.04. The van der Waals surface area contributed by atoms with Gasteiger partial charge < -0.3 is 20.5 Å². The van der Waals surface area contributed by atoms with E-state index in [1.807, 2.05) is 0 Å². The Morgan fingerprint density at radius 3 is 2.39 bits per heavy atom. The largest absolute Gasteiger partial charge is 0.444 e. The quantitative estimate of drug-likeness (QED) is 0.761. The van der Waals surface area contributed by atoms with E-state index in [2.05, 4.69) is 15.7 Å². The van der Waals surface area contributed by atoms with Crippen LogP contribution in [0.5, 0.6) is 0 Å². The van der Waals surface area contributed by atoms with Gasteiger partial charge in [-0.3, -0.25) is 9.48 Å². The molecule has 0 aromatic carbocycles. The Labute approximate surface area is 136 Å². The van der Waals surface area contributed by atoms with Crippen molar-refractivity contribution < 1.29 is 19.4 Å². The summed E-state index contributed by atoms with van der Waals surface area (Å²) in [6, 6.07) is 1.59. The van der Waals surface area contributed by atoms with Crippen LogP contribution in [0.4, 0.5) is 10.6 Å². The summed E-state index contributed by atoms with van der Waals surface area (Å²) in [7, 11) is 1.67. The molecule has 0 saturated heterocycles. The first-order valence-corrected chi connectivity index (χ1v) is 7.37. The van der Waals surface area contributed by atoms with Gasteiger partial charge in [0.05, 0.1) is 12.3 Å². The molecule has 1 heterocycles. The van der Waals surface area contributed by atoms with Gasteiger partial charge in [-0.05, 0) is 34.6 Å². The molecule has 8 nitrogen and oxygen atoms in total. The maximum absolute atomic E-state index is 12.1. The summed E-state index contributed by atoms with van der Waals surface area (Å²) < 4.78 is 6.66. The Kier molecular flexibility index (Phi) is 5.76. The average Bonchev–Trinajstić information content (AvgIpc) is 2.65. The summed E-state index contributed by atoms with van der Waals surface area (Å²) in [4.78, 5) is 23.9. The third-order valence-electron chi connectivity index (χ3n) is 2.80. The van der Waals surface area contributed by atoms with Crippen LogP contribution < -0.4 is 10.6 Å². The molecule has 0 aliphatic heterocycles. The lowest BCUT2D eigenvalue weighted by atomic mass is 10.0. The zero-order valence-electron chi connectivity index (χ0n) is 14.6. The highest BCUT2D eigenvalue weighted by atomic mass is 16.6. The van der Waals surface area contributed by atoms with Gasteiger partial charge in [0.2, 0.25) is 5.91 Å². The molecule has 1 aromatic rings. The Bertz CT molecular complexity index is 573. The predicted molar refractivity (Wildman–Crippen MR) is 85.8 cm³/mol. The minimum absolute atomic E-state index is 0.0614. The van der Waals surface area contributed by atoms with Crippen LogP contribution in [0.2, 0.25) is 0 Å². The Balaban J connectivity index is 2.60. The summed E-state index contributed by atoms with van der Waals surface area (Å²) >= 11 is 0. The number of nitrogens with zero attached hydrogens (tertiary/aromatic N) is 2. The van der Waals surface area contributed by atoms with Gasteiger partial charge in [-0.2, -0.15) is 5.10 Å². The highest BCUT2D eigenvalue weighted by Crippen LogP contribution is 2.15. The van der Waals surface area contributed by atoms with E-state index in [0.29, 0.717) is 11.5 Å². The number of carbonyl (C=O) groups is 2. The maximum Gasteiger partial charge on any atom is 0.408 e. The van der Waals surface area contributed by atoms with Crippen LogP contribution >= 0.6 is 0 Å². The van der Waals surface area contributed by atoms with E-state index < -0.39 is 17.2 Å². The molecule has 0 spiro atoms. The molecule has 0 saturated carbocycles. The molecule has 0 aliphatic rings. The Morgan fingerprint density at radius 1 is 1.30 bits per heavy atom. The lowest BCUT2D eigenvalue weighted by molar-refractivity contribution is -0.117. The maximum atomic E-state index is 12.1. The minimum Gasteiger partial charge on any atom is -0.444 e. The number of alkyl carbamates (subject to hydrolysis) is 1. The summed E-state index contributed by atoms with van der Waals surface area (Å²) in [5.41, 5.74) is -0.906. The molecule has 0 fully saturated rings. The van der Waals surface area contributed by atoms with Crippen molar-refractivity contribution in [3.8, 4) is 0 Å². The summed E-state index contributed by atoms with van der Waals surface area (Å²) in [5, 5.41) is 18.4. The van der Waals surface area contributed by atoms with Gasteiger partial charge in [-0.15, -0.1) is 0 Å². The van der Waals surface area contributed by atoms with Gasteiger partial charge in [0.1, 0.15) is 11.4 Å². The van der Waals surface area contributed by atoms with E-state index in [9.17, 15) is 9.59 Å². The number of anilines is 1. The molecule has 0 bridgehead atoms. The van der Waals surface area contributed by atoms with Gasteiger partial charge in [0.15, 0.2) is 0 Å². The molecule has 0 unspecified atom stereocenters. The zero-order chi connectivity index (χ0) is 17.8. The van der Waals surface area contributed by atoms with Crippen LogP contribution in [0.15, 0.2) is 6.07 Å². The molecule has 1 rings (SSSR count). The smallest absolute Gasteiger partial charge is 0.408 e. The van der Waals surface area contributed by atoms with E-state index in [1.54, 1.807) is 47.7 Å². The number of amides is 2. The third kappa shape index (κ3) is 6.68. The Hall–Kier alpha value is -2.09. The molecule has 0 atom stereocenters. The number of ether oxygens (including phenoxy) is 1. The molecule has 23 heavy (non-hydrogen) atoms. The number of aromatic nitrogens is 2. The van der Waals surface area contributed by atoms with E-state index in [1.165, 1.54) is 4.68 Å². The van der Waals surface area contributed by atoms with Crippen molar-refractivity contribution in [2.24, 2.45) is 7.05 Å². The summed E-state index contributed by atoms with van der Waals surface area (Å²) in [5.74, 6) is 0.200. The number of aliphatic hydroxyl groups excluding tert-OH is 1. The van der Waals surface area contributed by atoms with Crippen molar-refractivity contribution >= 4 is 17.8 Å². The lowest BCUT2D eigenvalue weighted by Crippen LogP contribution is -2.47. The van der Waals surface area contributed by atoms with Gasteiger partial charge in [-0.1, -0.05) is 0 Å². The van der Waals surface area contributed by atoms with E-state index in [0.717, 1.165) is 0 Å². The SMILES string of the molecule is Cn1nc(CO)cc1NC(=O)CC(C)(C)NC(=O)OC(C)(C)C. The fourth-order valence-electron chi connectivity index (χ4n) is 1.93. The van der Waals surface area contributed by atoms with E-state index >= 15 is 0 Å². The van der Waals surface area contributed by atoms with Crippen LogP contribution in [0.25, 0.3) is 0 Å². The second kappa shape index (κ2) is 6.99. The molecular weight excluding hydrogens is 300 g/mol. The van der Waals surface area contributed by atoms with Crippen LogP contribution in [0.1, 0.15) is 46.7 Å². The van der Waals surface area contributed by atoms with Gasteiger partial charge >= 0.3 is 6.09 Å². The number of carbonyl (C=O) groups excluding carboxylic acids is 2. The van der Waals surface area contributed by atoms with Crippen molar-refractivity contribution in [1.82, 2.24) is 15.1 Å². The van der Waals surface area contributed by atoms with Gasteiger partial charge in [-0.25, -0.2) is 4.79 Å². The van der Waals surface area contributed by atoms with Crippen molar-refractivity contribution in [3.63, 3.8) is 0 Å².